The van der Waals surface area contributed by atoms with Crippen molar-refractivity contribution in [3.8, 4) is 11.5 Å². The number of aryl methyl sites for hydroxylation is 2. The number of hydrogen-bond donors (Lipinski definition) is 2. The average Bonchev–Trinajstić information content (AvgIpc) is 2.69. The average molecular weight is 434 g/mol. The number of ether oxygens (including phenoxy) is 1. The summed E-state index contributed by atoms with van der Waals surface area (Å²) in [5, 5.41) is -0.0600. The van der Waals surface area contributed by atoms with Crippen LogP contribution in [0, 0.1) is 25.6 Å². The van der Waals surface area contributed by atoms with E-state index in [1.807, 2.05) is 6.07 Å². The van der Waals surface area contributed by atoms with Gasteiger partial charge in [0.25, 0.3) is 0 Å². The van der Waals surface area contributed by atoms with Crippen LogP contribution in [0.25, 0.3) is 0 Å². The molecule has 0 radical (unpaired) electrons. The van der Waals surface area contributed by atoms with Crippen LogP contribution in [0.5, 0.6) is 11.5 Å². The van der Waals surface area contributed by atoms with Crippen LogP contribution in [-0.2, 0) is 4.57 Å². The fourth-order valence-corrected chi connectivity index (χ4v) is 5.22. The molecule has 0 atom stereocenters. The molecule has 30 heavy (non-hydrogen) atoms. The first-order chi connectivity index (χ1) is 14.2. The monoisotopic (exact) mass is 434 g/mol. The fourth-order valence-electron chi connectivity index (χ4n) is 4.50. The van der Waals surface area contributed by atoms with Crippen LogP contribution < -0.4 is 10.0 Å². The minimum Gasteiger partial charge on any atom is -0.454 e. The Labute approximate surface area is 178 Å². The predicted molar refractivity (Wildman–Crippen MR) is 118 cm³/mol. The van der Waals surface area contributed by atoms with E-state index in [0.29, 0.717) is 22.8 Å². The second-order valence-electron chi connectivity index (χ2n) is 8.60. The van der Waals surface area contributed by atoms with E-state index in [4.69, 9.17) is 4.74 Å². The number of rotatable bonds is 7. The minimum atomic E-state index is -4.35. The van der Waals surface area contributed by atoms with Gasteiger partial charge in [-0.1, -0.05) is 32.3 Å². The lowest BCUT2D eigenvalue weighted by molar-refractivity contribution is 0.303. The zero-order valence-electron chi connectivity index (χ0n) is 18.0. The van der Waals surface area contributed by atoms with Crippen molar-refractivity contribution in [3.63, 3.8) is 0 Å². The standard InChI is InChI=1S/C24H32FO4P/c1-4-5-6-18-7-9-19(10-8-18)20-11-12-23(22(25)15-20)29-24-16(2)13-21(14-17(24)3)30(26,27)28/h11-15,18-19H,4-10H2,1-3H3,(H2,26,27,28). The molecule has 2 N–H and O–H groups in total. The van der Waals surface area contributed by atoms with E-state index in [2.05, 4.69) is 6.92 Å². The van der Waals surface area contributed by atoms with Gasteiger partial charge in [-0.25, -0.2) is 4.39 Å². The van der Waals surface area contributed by atoms with Gasteiger partial charge in [0.1, 0.15) is 5.75 Å². The summed E-state index contributed by atoms with van der Waals surface area (Å²) in [5.74, 6) is 1.37. The van der Waals surface area contributed by atoms with E-state index < -0.39 is 13.4 Å². The molecule has 1 aliphatic rings. The summed E-state index contributed by atoms with van der Waals surface area (Å²) in [5.41, 5.74) is 2.14. The summed E-state index contributed by atoms with van der Waals surface area (Å²) in [6.45, 7) is 5.63. The van der Waals surface area contributed by atoms with Gasteiger partial charge in [0.2, 0.25) is 0 Å². The molecule has 4 nitrogen and oxygen atoms in total. The quantitative estimate of drug-likeness (QED) is 0.488. The van der Waals surface area contributed by atoms with Crippen LogP contribution in [0.2, 0.25) is 0 Å². The second-order valence-corrected chi connectivity index (χ2v) is 10.2. The molecule has 0 unspecified atom stereocenters. The third-order valence-electron chi connectivity index (χ3n) is 6.23. The topological polar surface area (TPSA) is 66.8 Å². The molecule has 1 aliphatic carbocycles. The molecule has 0 heterocycles. The SMILES string of the molecule is CCCCC1CCC(c2ccc(Oc3c(C)cc(P(=O)(O)O)cc3C)c(F)c2)CC1. The third-order valence-corrected chi connectivity index (χ3v) is 7.16. The number of unbranched alkanes of at least 4 members (excludes halogenated alkanes) is 1. The molecule has 3 rings (SSSR count). The Kier molecular flexibility index (Phi) is 7.38. The Morgan fingerprint density at radius 3 is 2.23 bits per heavy atom. The summed E-state index contributed by atoms with van der Waals surface area (Å²) in [6, 6.07) is 7.99. The van der Waals surface area contributed by atoms with Crippen LogP contribution >= 0.6 is 7.60 Å². The lowest BCUT2D eigenvalue weighted by Crippen LogP contribution is -2.13. The van der Waals surface area contributed by atoms with Gasteiger partial charge in [-0.3, -0.25) is 4.57 Å². The zero-order chi connectivity index (χ0) is 21.9. The largest absolute Gasteiger partial charge is 0.454 e. The zero-order valence-corrected chi connectivity index (χ0v) is 18.9. The van der Waals surface area contributed by atoms with Crippen molar-refractivity contribution in [1.29, 1.82) is 0 Å². The maximum absolute atomic E-state index is 14.8. The summed E-state index contributed by atoms with van der Waals surface area (Å²) >= 11 is 0. The van der Waals surface area contributed by atoms with Crippen molar-refractivity contribution in [1.82, 2.24) is 0 Å². The van der Waals surface area contributed by atoms with Crippen LogP contribution in [0.3, 0.4) is 0 Å². The van der Waals surface area contributed by atoms with Gasteiger partial charge in [-0.15, -0.1) is 0 Å². The molecule has 0 bridgehead atoms. The van der Waals surface area contributed by atoms with Gasteiger partial charge in [-0.05, 0) is 92.3 Å². The molecule has 1 fully saturated rings. The highest BCUT2D eigenvalue weighted by atomic mass is 31.2. The number of halogens is 1. The van der Waals surface area contributed by atoms with Crippen molar-refractivity contribution in [2.45, 2.75) is 71.6 Å². The molecule has 0 aliphatic heterocycles. The maximum atomic E-state index is 14.8. The first-order valence-electron chi connectivity index (χ1n) is 10.8. The highest BCUT2D eigenvalue weighted by molar-refractivity contribution is 7.60. The third kappa shape index (κ3) is 5.51. The van der Waals surface area contributed by atoms with E-state index in [-0.39, 0.29) is 11.1 Å². The van der Waals surface area contributed by atoms with Gasteiger partial charge in [0.05, 0.1) is 5.30 Å². The van der Waals surface area contributed by atoms with Gasteiger partial charge in [-0.2, -0.15) is 0 Å². The van der Waals surface area contributed by atoms with E-state index in [9.17, 15) is 18.7 Å². The van der Waals surface area contributed by atoms with Gasteiger partial charge in [0.15, 0.2) is 11.6 Å². The van der Waals surface area contributed by atoms with Crippen molar-refractivity contribution in [3.05, 3.63) is 52.8 Å². The van der Waals surface area contributed by atoms with Crippen molar-refractivity contribution < 1.29 is 23.5 Å². The van der Waals surface area contributed by atoms with Crippen LogP contribution in [0.15, 0.2) is 30.3 Å². The Balaban J connectivity index is 1.72. The highest BCUT2D eigenvalue weighted by Crippen LogP contribution is 2.40. The molecule has 0 aromatic heterocycles. The molecule has 164 valence electrons. The maximum Gasteiger partial charge on any atom is 0.356 e. The Morgan fingerprint density at radius 1 is 1.07 bits per heavy atom. The lowest BCUT2D eigenvalue weighted by Gasteiger charge is -2.29. The molecule has 0 spiro atoms. The van der Waals surface area contributed by atoms with Crippen LogP contribution in [0.1, 0.15) is 74.5 Å². The van der Waals surface area contributed by atoms with Crippen LogP contribution in [-0.4, -0.2) is 9.79 Å². The smallest absolute Gasteiger partial charge is 0.356 e. The van der Waals surface area contributed by atoms with E-state index in [1.54, 1.807) is 26.0 Å². The lowest BCUT2D eigenvalue weighted by atomic mass is 9.77. The normalized spacial score (nSPS) is 19.7. The van der Waals surface area contributed by atoms with E-state index in [1.165, 1.54) is 44.2 Å². The molecule has 1 saturated carbocycles. The molecule has 0 saturated heterocycles. The highest BCUT2D eigenvalue weighted by Gasteiger charge is 2.24. The summed E-state index contributed by atoms with van der Waals surface area (Å²) in [6.07, 6.45) is 8.50. The van der Waals surface area contributed by atoms with Crippen molar-refractivity contribution in [2.75, 3.05) is 0 Å². The molecule has 2 aromatic carbocycles. The second kappa shape index (κ2) is 9.64. The first kappa shape index (κ1) is 23.0. The number of hydrogen-bond acceptors (Lipinski definition) is 2. The molecule has 6 heteroatoms. The van der Waals surface area contributed by atoms with Crippen molar-refractivity contribution >= 4 is 12.9 Å². The Bertz CT molecular complexity index is 906. The van der Waals surface area contributed by atoms with E-state index >= 15 is 0 Å². The number of benzene rings is 2. The fraction of sp³-hybridized carbons (Fsp3) is 0.500. The van der Waals surface area contributed by atoms with Gasteiger partial charge < -0.3 is 14.5 Å². The first-order valence-corrected chi connectivity index (χ1v) is 12.4. The Hall–Kier alpha value is -1.68. The van der Waals surface area contributed by atoms with Crippen LogP contribution in [0.4, 0.5) is 4.39 Å². The van der Waals surface area contributed by atoms with Crippen molar-refractivity contribution in [2.24, 2.45) is 5.92 Å². The molecular weight excluding hydrogens is 402 g/mol. The predicted octanol–water partition coefficient (Wildman–Crippen LogP) is 6.50. The van der Waals surface area contributed by atoms with Gasteiger partial charge in [0, 0.05) is 0 Å². The Morgan fingerprint density at radius 2 is 1.70 bits per heavy atom. The van der Waals surface area contributed by atoms with E-state index in [0.717, 1.165) is 24.3 Å². The minimum absolute atomic E-state index is 0.0600. The molecule has 2 aromatic rings. The summed E-state index contributed by atoms with van der Waals surface area (Å²) in [4.78, 5) is 18.8. The summed E-state index contributed by atoms with van der Waals surface area (Å²) < 4.78 is 32.1. The molecule has 0 amide bonds. The summed E-state index contributed by atoms with van der Waals surface area (Å²) in [7, 11) is -4.35. The molecular formula is C24H32FO4P. The van der Waals surface area contributed by atoms with Gasteiger partial charge >= 0.3 is 7.60 Å².